The Morgan fingerprint density at radius 3 is 2.71 bits per heavy atom. The molecule has 1 fully saturated rings. The molecule has 4 heterocycles. The van der Waals surface area contributed by atoms with Gasteiger partial charge in [0.15, 0.2) is 0 Å². The first-order valence-electron chi connectivity index (χ1n) is 8.98. The van der Waals surface area contributed by atoms with Gasteiger partial charge in [-0.3, -0.25) is 14.1 Å². The zero-order chi connectivity index (χ0) is 19.2. The van der Waals surface area contributed by atoms with Crippen LogP contribution in [0.4, 0.5) is 8.78 Å². The summed E-state index contributed by atoms with van der Waals surface area (Å²) in [5, 5.41) is 0.597. The second-order valence-corrected chi connectivity index (χ2v) is 7.51. The average molecular weight is 380 g/mol. The summed E-state index contributed by atoms with van der Waals surface area (Å²) in [6.07, 6.45) is 4.52. The fraction of sp³-hybridized carbons (Fsp3) is 0.250. The molecule has 3 aromatic heterocycles. The molecule has 1 aliphatic heterocycles. The van der Waals surface area contributed by atoms with E-state index in [1.807, 2.05) is 0 Å². The van der Waals surface area contributed by atoms with Crippen LogP contribution in [-0.2, 0) is 12.6 Å². The molecule has 4 aromatic rings. The van der Waals surface area contributed by atoms with Gasteiger partial charge in [-0.2, -0.15) is 4.39 Å². The molecule has 0 N–H and O–H groups in total. The molecule has 6 rings (SSSR count). The molecular weight excluding hydrogens is 366 g/mol. The summed E-state index contributed by atoms with van der Waals surface area (Å²) in [5.74, 6) is -0.849. The lowest BCUT2D eigenvalue weighted by molar-refractivity contribution is 0.241. The molecule has 1 spiro atoms. The van der Waals surface area contributed by atoms with Gasteiger partial charge in [0, 0.05) is 24.9 Å². The lowest BCUT2D eigenvalue weighted by atomic mass is 10.0. The van der Waals surface area contributed by atoms with Crippen LogP contribution in [-0.4, -0.2) is 25.7 Å². The van der Waals surface area contributed by atoms with Crippen LogP contribution < -0.4 is 10.4 Å². The van der Waals surface area contributed by atoms with Crippen molar-refractivity contribution in [3.8, 4) is 16.9 Å². The van der Waals surface area contributed by atoms with Gasteiger partial charge < -0.3 is 4.74 Å². The van der Waals surface area contributed by atoms with E-state index in [0.717, 1.165) is 12.8 Å². The highest BCUT2D eigenvalue weighted by molar-refractivity contribution is 6.09. The summed E-state index contributed by atoms with van der Waals surface area (Å²) in [6.45, 7) is 0.265. The highest BCUT2D eigenvalue weighted by atomic mass is 19.1. The maximum absolute atomic E-state index is 15.1. The molecule has 1 aliphatic carbocycles. The van der Waals surface area contributed by atoms with Crippen LogP contribution in [0.5, 0.6) is 5.75 Å². The predicted octanol–water partition coefficient (Wildman–Crippen LogP) is 3.11. The number of nitrogens with zero attached hydrogens (tertiary/aromatic N) is 4. The van der Waals surface area contributed by atoms with Crippen molar-refractivity contribution < 1.29 is 13.5 Å². The molecule has 0 bridgehead atoms. The highest BCUT2D eigenvalue weighted by Crippen LogP contribution is 2.50. The number of imidazole rings is 1. The van der Waals surface area contributed by atoms with Gasteiger partial charge in [-0.05, 0) is 25.0 Å². The number of aromatic nitrogens is 4. The first kappa shape index (κ1) is 15.7. The Bertz CT molecular complexity index is 1370. The standard InChI is InChI=1S/C20H14F2N4O2/c1-25-13-8-23-12-6-11(21)15(10-2-3-14(22)24-7-10)18-16(12)17(13)26(19(25)27)20(4-5-20)9-28-18/h2-3,6-8H,4-5,9H2,1H3. The minimum absolute atomic E-state index is 0.132. The SMILES string of the molecule is Cn1c(=O)n2c3c4c(c(-c5ccc(F)nc5)c(F)cc4ncc31)OCC21CC1. The van der Waals surface area contributed by atoms with E-state index in [1.54, 1.807) is 22.4 Å². The van der Waals surface area contributed by atoms with Crippen LogP contribution in [0.15, 0.2) is 35.4 Å². The number of benzene rings is 1. The van der Waals surface area contributed by atoms with E-state index in [0.29, 0.717) is 33.2 Å². The Hall–Kier alpha value is -3.29. The topological polar surface area (TPSA) is 61.9 Å². The highest BCUT2D eigenvalue weighted by Gasteiger charge is 2.50. The molecule has 1 saturated carbocycles. The maximum atomic E-state index is 15.1. The fourth-order valence-corrected chi connectivity index (χ4v) is 4.25. The third kappa shape index (κ3) is 1.82. The van der Waals surface area contributed by atoms with E-state index in [1.165, 1.54) is 24.4 Å². The molecule has 0 saturated heterocycles. The van der Waals surface area contributed by atoms with Gasteiger partial charge in [0.25, 0.3) is 0 Å². The van der Waals surface area contributed by atoms with Crippen LogP contribution in [0.25, 0.3) is 33.1 Å². The molecule has 0 radical (unpaired) electrons. The van der Waals surface area contributed by atoms with Gasteiger partial charge in [-0.15, -0.1) is 0 Å². The van der Waals surface area contributed by atoms with Crippen LogP contribution in [0.2, 0.25) is 0 Å². The summed E-state index contributed by atoms with van der Waals surface area (Å²) in [7, 11) is 1.71. The van der Waals surface area contributed by atoms with E-state index in [-0.39, 0.29) is 17.9 Å². The zero-order valence-corrected chi connectivity index (χ0v) is 14.9. The maximum Gasteiger partial charge on any atom is 0.329 e. The smallest absolute Gasteiger partial charge is 0.329 e. The molecule has 8 heteroatoms. The minimum Gasteiger partial charge on any atom is -0.490 e. The van der Waals surface area contributed by atoms with E-state index >= 15 is 4.39 Å². The summed E-state index contributed by atoms with van der Waals surface area (Å²) in [6, 6.07) is 3.98. The predicted molar refractivity (Wildman–Crippen MR) is 98.3 cm³/mol. The van der Waals surface area contributed by atoms with Gasteiger partial charge in [-0.1, -0.05) is 0 Å². The third-order valence-electron chi connectivity index (χ3n) is 5.88. The lowest BCUT2D eigenvalue weighted by Gasteiger charge is -2.16. The fourth-order valence-electron chi connectivity index (χ4n) is 4.25. The molecule has 0 amide bonds. The van der Waals surface area contributed by atoms with Crippen molar-refractivity contribution in [2.45, 2.75) is 18.4 Å². The van der Waals surface area contributed by atoms with E-state index in [9.17, 15) is 9.18 Å². The normalized spacial score (nSPS) is 16.7. The van der Waals surface area contributed by atoms with E-state index in [4.69, 9.17) is 4.74 Å². The van der Waals surface area contributed by atoms with E-state index in [2.05, 4.69) is 9.97 Å². The Kier molecular flexibility index (Phi) is 2.78. The molecular formula is C20H14F2N4O2. The van der Waals surface area contributed by atoms with Crippen LogP contribution in [0.1, 0.15) is 12.8 Å². The largest absolute Gasteiger partial charge is 0.490 e. The third-order valence-corrected chi connectivity index (χ3v) is 5.88. The molecule has 0 unspecified atom stereocenters. The van der Waals surface area contributed by atoms with Gasteiger partial charge in [0.2, 0.25) is 5.95 Å². The lowest BCUT2D eigenvalue weighted by Crippen LogP contribution is -2.34. The van der Waals surface area contributed by atoms with Crippen molar-refractivity contribution in [2.24, 2.45) is 7.05 Å². The van der Waals surface area contributed by atoms with Crippen molar-refractivity contribution in [1.29, 1.82) is 0 Å². The monoisotopic (exact) mass is 380 g/mol. The molecule has 2 aliphatic rings. The Labute approximate surface area is 157 Å². The zero-order valence-electron chi connectivity index (χ0n) is 14.9. The molecule has 6 nitrogen and oxygen atoms in total. The summed E-state index contributed by atoms with van der Waals surface area (Å²) in [4.78, 5) is 21.0. The summed E-state index contributed by atoms with van der Waals surface area (Å²) < 4.78 is 37.9. The quantitative estimate of drug-likeness (QED) is 0.476. The van der Waals surface area contributed by atoms with Gasteiger partial charge in [0.05, 0.1) is 39.2 Å². The number of rotatable bonds is 1. The van der Waals surface area contributed by atoms with Crippen molar-refractivity contribution in [3.05, 3.63) is 52.8 Å². The first-order valence-corrected chi connectivity index (χ1v) is 8.98. The van der Waals surface area contributed by atoms with Crippen LogP contribution in [0.3, 0.4) is 0 Å². The number of aryl methyl sites for hydroxylation is 1. The minimum atomic E-state index is -0.644. The molecule has 140 valence electrons. The van der Waals surface area contributed by atoms with Gasteiger partial charge in [-0.25, -0.2) is 14.2 Å². The molecule has 1 aromatic carbocycles. The van der Waals surface area contributed by atoms with Gasteiger partial charge >= 0.3 is 5.69 Å². The molecule has 0 atom stereocenters. The van der Waals surface area contributed by atoms with Crippen molar-refractivity contribution in [1.82, 2.24) is 19.1 Å². The summed E-state index contributed by atoms with van der Waals surface area (Å²) in [5.41, 5.74) is 1.85. The van der Waals surface area contributed by atoms with Crippen LogP contribution >= 0.6 is 0 Å². The second kappa shape index (κ2) is 4.95. The number of ether oxygens (including phenoxy) is 1. The average Bonchev–Trinajstić information content (AvgIpc) is 3.43. The van der Waals surface area contributed by atoms with Gasteiger partial charge in [0.1, 0.15) is 18.2 Å². The number of pyridine rings is 2. The first-order chi connectivity index (χ1) is 13.5. The van der Waals surface area contributed by atoms with Crippen molar-refractivity contribution in [2.75, 3.05) is 6.61 Å². The Morgan fingerprint density at radius 2 is 2.00 bits per heavy atom. The Morgan fingerprint density at radius 1 is 1.18 bits per heavy atom. The number of fused-ring (bicyclic) bond motifs is 1. The number of hydrogen-bond acceptors (Lipinski definition) is 4. The van der Waals surface area contributed by atoms with Crippen molar-refractivity contribution in [3.63, 3.8) is 0 Å². The number of hydrogen-bond donors (Lipinski definition) is 0. The summed E-state index contributed by atoms with van der Waals surface area (Å²) >= 11 is 0. The Balaban J connectivity index is 1.82. The second-order valence-electron chi connectivity index (χ2n) is 7.51. The van der Waals surface area contributed by atoms with E-state index < -0.39 is 17.3 Å². The number of halogens is 2. The van der Waals surface area contributed by atoms with Crippen LogP contribution in [0, 0.1) is 11.8 Å². The molecule has 28 heavy (non-hydrogen) atoms. The van der Waals surface area contributed by atoms with Crippen molar-refractivity contribution >= 4 is 21.9 Å².